The van der Waals surface area contributed by atoms with Gasteiger partial charge in [0.05, 0.1) is 11.3 Å². The van der Waals surface area contributed by atoms with Gasteiger partial charge in [0.2, 0.25) is 0 Å². The van der Waals surface area contributed by atoms with Crippen LogP contribution < -0.4 is 4.90 Å². The molecule has 5 heteroatoms. The van der Waals surface area contributed by atoms with Gasteiger partial charge in [-0.15, -0.1) is 0 Å². The Morgan fingerprint density at radius 3 is 2.00 bits per heavy atom. The molecule has 0 saturated carbocycles. The lowest BCUT2D eigenvalue weighted by Crippen LogP contribution is -2.38. The molecule has 4 nitrogen and oxygen atoms in total. The monoisotopic (exact) mass is 420 g/mol. The number of piperidine rings is 1. The van der Waals surface area contributed by atoms with Gasteiger partial charge in [-0.2, -0.15) is 0 Å². The fourth-order valence-corrected chi connectivity index (χ4v) is 4.27. The summed E-state index contributed by atoms with van der Waals surface area (Å²) in [6.45, 7) is 10.0. The van der Waals surface area contributed by atoms with Crippen molar-refractivity contribution >= 4 is 23.1 Å². The Morgan fingerprint density at radius 2 is 1.45 bits per heavy atom. The second-order valence-corrected chi connectivity index (χ2v) is 9.64. The molecule has 0 aliphatic carbocycles. The van der Waals surface area contributed by atoms with Crippen molar-refractivity contribution in [2.75, 3.05) is 18.0 Å². The molecule has 2 aromatic rings. The van der Waals surface area contributed by atoms with Crippen LogP contribution in [-0.4, -0.2) is 29.8 Å². The van der Waals surface area contributed by atoms with Crippen LogP contribution in [0.5, 0.6) is 0 Å². The third-order valence-electron chi connectivity index (χ3n) is 6.28. The number of hydrogen-bond donors (Lipinski definition) is 0. The molecule has 4 rings (SSSR count). The largest absolute Gasteiger partial charge is 0.366 e. The van der Waals surface area contributed by atoms with E-state index in [-0.39, 0.29) is 23.0 Å². The highest BCUT2D eigenvalue weighted by Gasteiger charge is 2.43. The Morgan fingerprint density at radius 1 is 0.871 bits per heavy atom. The summed E-state index contributed by atoms with van der Waals surface area (Å²) < 4.78 is 13.5. The first kappa shape index (κ1) is 21.3. The van der Waals surface area contributed by atoms with Gasteiger partial charge in [-0.3, -0.25) is 9.59 Å². The third-order valence-corrected chi connectivity index (χ3v) is 6.28. The lowest BCUT2D eigenvalue weighted by Gasteiger charge is -2.32. The van der Waals surface area contributed by atoms with Gasteiger partial charge in [0.15, 0.2) is 0 Å². The first-order chi connectivity index (χ1) is 14.7. The summed E-state index contributed by atoms with van der Waals surface area (Å²) in [5.74, 6) is -0.431. The van der Waals surface area contributed by atoms with E-state index in [4.69, 9.17) is 0 Å². The Labute approximate surface area is 183 Å². The Bertz CT molecular complexity index is 1020. The molecule has 0 radical (unpaired) electrons. The number of carbonyl (C=O) groups is 2. The van der Waals surface area contributed by atoms with Crippen LogP contribution >= 0.6 is 0 Å². The summed E-state index contributed by atoms with van der Waals surface area (Å²) in [6.07, 6.45) is 1.95. The number of benzene rings is 2. The maximum atomic E-state index is 13.6. The van der Waals surface area contributed by atoms with Gasteiger partial charge in [0.1, 0.15) is 11.5 Å². The molecule has 0 unspecified atom stereocenters. The van der Waals surface area contributed by atoms with Crippen LogP contribution in [0.4, 0.5) is 10.1 Å². The Balaban J connectivity index is 1.76. The van der Waals surface area contributed by atoms with Crippen LogP contribution in [0.1, 0.15) is 51.7 Å². The molecule has 2 aliphatic heterocycles. The highest BCUT2D eigenvalue weighted by molar-refractivity contribution is 6.45. The minimum Gasteiger partial charge on any atom is -0.366 e. The molecular formula is C26H29FN2O2. The highest BCUT2D eigenvalue weighted by Crippen LogP contribution is 2.37. The molecule has 2 amide bonds. The number of imide groups is 1. The van der Waals surface area contributed by atoms with Crippen LogP contribution in [0.25, 0.3) is 5.57 Å². The smallest absolute Gasteiger partial charge is 0.282 e. The molecule has 0 bridgehead atoms. The van der Waals surface area contributed by atoms with Crippen molar-refractivity contribution in [1.29, 1.82) is 0 Å². The molecular weight excluding hydrogens is 391 g/mol. The number of rotatable bonds is 3. The number of nitrogens with zero attached hydrogens (tertiary/aromatic N) is 2. The molecule has 1 fully saturated rings. The number of likely N-dealkylation sites (tertiary alicyclic amines) is 1. The van der Waals surface area contributed by atoms with Crippen LogP contribution in [0.15, 0.2) is 54.2 Å². The summed E-state index contributed by atoms with van der Waals surface area (Å²) >= 11 is 0. The van der Waals surface area contributed by atoms with E-state index >= 15 is 0 Å². The molecule has 0 aromatic heterocycles. The van der Waals surface area contributed by atoms with E-state index in [1.807, 2.05) is 29.2 Å². The third kappa shape index (κ3) is 4.01. The zero-order chi connectivity index (χ0) is 22.3. The molecule has 1 saturated heterocycles. The topological polar surface area (TPSA) is 40.6 Å². The SMILES string of the molecule is CC1CCN(C2=C(c3ccc(F)cc3)C(=O)N(c3ccc(C(C)(C)C)cc3)C2=O)CC1. The molecule has 0 spiro atoms. The van der Waals surface area contributed by atoms with E-state index in [0.29, 0.717) is 28.4 Å². The van der Waals surface area contributed by atoms with E-state index in [1.165, 1.54) is 17.0 Å². The van der Waals surface area contributed by atoms with Crippen LogP contribution in [0, 0.1) is 11.7 Å². The summed E-state index contributed by atoms with van der Waals surface area (Å²) in [6, 6.07) is 13.4. The van der Waals surface area contributed by atoms with Gasteiger partial charge >= 0.3 is 0 Å². The molecule has 2 aromatic carbocycles. The standard InChI is InChI=1S/C26H29FN2O2/c1-17-13-15-28(16-14-17)23-22(18-5-9-20(27)10-6-18)24(30)29(25(23)31)21-11-7-19(8-12-21)26(2,3)4/h5-12,17H,13-16H2,1-4H3. The van der Waals surface area contributed by atoms with Crippen molar-refractivity contribution < 1.29 is 14.0 Å². The normalized spacial score (nSPS) is 18.4. The number of hydrogen-bond acceptors (Lipinski definition) is 3. The number of anilines is 1. The van der Waals surface area contributed by atoms with Crippen molar-refractivity contribution in [1.82, 2.24) is 4.90 Å². The zero-order valence-corrected chi connectivity index (χ0v) is 18.6. The van der Waals surface area contributed by atoms with E-state index in [0.717, 1.165) is 31.5 Å². The highest BCUT2D eigenvalue weighted by atomic mass is 19.1. The number of amides is 2. The van der Waals surface area contributed by atoms with Crippen LogP contribution in [0.2, 0.25) is 0 Å². The van der Waals surface area contributed by atoms with Gasteiger partial charge in [0.25, 0.3) is 11.8 Å². The molecule has 162 valence electrons. The average Bonchev–Trinajstić information content (AvgIpc) is 2.99. The minimum absolute atomic E-state index is 0.0231. The molecule has 0 N–H and O–H groups in total. The predicted molar refractivity (Wildman–Crippen MR) is 121 cm³/mol. The lowest BCUT2D eigenvalue weighted by molar-refractivity contribution is -0.120. The fourth-order valence-electron chi connectivity index (χ4n) is 4.27. The zero-order valence-electron chi connectivity index (χ0n) is 18.6. The van der Waals surface area contributed by atoms with Crippen molar-refractivity contribution in [2.45, 2.75) is 46.0 Å². The average molecular weight is 421 g/mol. The summed E-state index contributed by atoms with van der Waals surface area (Å²) in [4.78, 5) is 30.4. The van der Waals surface area contributed by atoms with E-state index in [1.54, 1.807) is 12.1 Å². The van der Waals surface area contributed by atoms with Gasteiger partial charge in [-0.05, 0) is 59.6 Å². The van der Waals surface area contributed by atoms with E-state index in [9.17, 15) is 14.0 Å². The van der Waals surface area contributed by atoms with E-state index in [2.05, 4.69) is 27.7 Å². The van der Waals surface area contributed by atoms with Gasteiger partial charge in [-0.25, -0.2) is 9.29 Å². The van der Waals surface area contributed by atoms with Crippen molar-refractivity contribution in [3.05, 3.63) is 71.2 Å². The minimum atomic E-state index is -0.371. The fraction of sp³-hybridized carbons (Fsp3) is 0.385. The van der Waals surface area contributed by atoms with Crippen molar-refractivity contribution in [2.24, 2.45) is 5.92 Å². The second-order valence-electron chi connectivity index (χ2n) is 9.64. The number of halogens is 1. The van der Waals surface area contributed by atoms with Gasteiger partial charge in [-0.1, -0.05) is 52.0 Å². The lowest BCUT2D eigenvalue weighted by atomic mass is 9.87. The maximum absolute atomic E-state index is 13.6. The van der Waals surface area contributed by atoms with Crippen LogP contribution in [0.3, 0.4) is 0 Å². The number of carbonyl (C=O) groups excluding carboxylic acids is 2. The molecule has 2 aliphatic rings. The molecule has 31 heavy (non-hydrogen) atoms. The maximum Gasteiger partial charge on any atom is 0.282 e. The Hall–Kier alpha value is -2.95. The molecule has 0 atom stereocenters. The van der Waals surface area contributed by atoms with Gasteiger partial charge < -0.3 is 4.90 Å². The first-order valence-electron chi connectivity index (χ1n) is 10.9. The van der Waals surface area contributed by atoms with Crippen molar-refractivity contribution in [3.8, 4) is 0 Å². The summed E-state index contributed by atoms with van der Waals surface area (Å²) in [7, 11) is 0. The first-order valence-corrected chi connectivity index (χ1v) is 10.9. The summed E-state index contributed by atoms with van der Waals surface area (Å²) in [5.41, 5.74) is 3.03. The van der Waals surface area contributed by atoms with Crippen molar-refractivity contribution in [3.63, 3.8) is 0 Å². The molecule has 2 heterocycles. The quantitative estimate of drug-likeness (QED) is 0.646. The Kier molecular flexibility index (Phi) is 5.46. The predicted octanol–water partition coefficient (Wildman–Crippen LogP) is 5.14. The van der Waals surface area contributed by atoms with Gasteiger partial charge in [0, 0.05) is 13.1 Å². The van der Waals surface area contributed by atoms with E-state index < -0.39 is 0 Å². The van der Waals surface area contributed by atoms with Crippen LogP contribution in [-0.2, 0) is 15.0 Å². The second kappa shape index (κ2) is 7.95. The summed E-state index contributed by atoms with van der Waals surface area (Å²) in [5, 5.41) is 0.